The van der Waals surface area contributed by atoms with Gasteiger partial charge < -0.3 is 10.2 Å². The normalized spacial score (nSPS) is 12.9. The fourth-order valence-electron chi connectivity index (χ4n) is 1.99. The molecule has 1 aromatic heterocycles. The van der Waals surface area contributed by atoms with E-state index in [-0.39, 0.29) is 6.04 Å². The van der Waals surface area contributed by atoms with E-state index >= 15 is 0 Å². The van der Waals surface area contributed by atoms with E-state index in [4.69, 9.17) is 21.8 Å². The van der Waals surface area contributed by atoms with Crippen molar-refractivity contribution in [3.05, 3.63) is 58.5 Å². The number of nitrogens with two attached hydrogens (primary N) is 1. The van der Waals surface area contributed by atoms with Gasteiger partial charge in [-0.2, -0.15) is 0 Å². The Bertz CT molecular complexity index is 501. The van der Waals surface area contributed by atoms with Crippen LogP contribution in [0.4, 0.5) is 0 Å². The van der Waals surface area contributed by atoms with Gasteiger partial charge in [-0.25, -0.2) is 0 Å². The molecule has 2 nitrogen and oxygen atoms in total. The van der Waals surface area contributed by atoms with E-state index < -0.39 is 0 Å². The van der Waals surface area contributed by atoms with E-state index in [1.165, 1.54) is 5.56 Å². The maximum Gasteiger partial charge on any atom is 0.193 e. The molecule has 0 aliphatic heterocycles. The highest BCUT2D eigenvalue weighted by atomic mass is 35.5. The first-order valence-corrected chi connectivity index (χ1v) is 6.53. The summed E-state index contributed by atoms with van der Waals surface area (Å²) in [5.74, 6) is 1.35. The van der Waals surface area contributed by atoms with Crippen molar-refractivity contribution in [2.24, 2.45) is 11.7 Å². The standard InChI is InChI=1S/C15H18ClNO/c1-10(2)9-11-3-5-12(6-4-11)15(17)13-7-8-14(16)18-13/h3-8,10,15H,9,17H2,1-2H3. The molecule has 1 unspecified atom stereocenters. The van der Waals surface area contributed by atoms with Gasteiger partial charge in [0, 0.05) is 0 Å². The third kappa shape index (κ3) is 3.15. The second-order valence-electron chi connectivity index (χ2n) is 4.96. The molecule has 0 fully saturated rings. The summed E-state index contributed by atoms with van der Waals surface area (Å²) in [7, 11) is 0. The first-order valence-electron chi connectivity index (χ1n) is 6.16. The van der Waals surface area contributed by atoms with Gasteiger partial charge in [-0.15, -0.1) is 0 Å². The Labute approximate surface area is 113 Å². The molecule has 2 N–H and O–H groups in total. The average Bonchev–Trinajstić information content (AvgIpc) is 2.75. The molecule has 0 radical (unpaired) electrons. The van der Waals surface area contributed by atoms with Crippen LogP contribution >= 0.6 is 11.6 Å². The van der Waals surface area contributed by atoms with E-state index in [2.05, 4.69) is 38.1 Å². The van der Waals surface area contributed by atoms with Gasteiger partial charge in [0.15, 0.2) is 5.22 Å². The van der Waals surface area contributed by atoms with Crippen LogP contribution in [-0.4, -0.2) is 0 Å². The summed E-state index contributed by atoms with van der Waals surface area (Å²) < 4.78 is 5.33. The third-order valence-corrected chi connectivity index (χ3v) is 3.09. The fraction of sp³-hybridized carbons (Fsp3) is 0.333. The molecule has 96 valence electrons. The van der Waals surface area contributed by atoms with Crippen molar-refractivity contribution in [3.63, 3.8) is 0 Å². The van der Waals surface area contributed by atoms with Gasteiger partial charge in [-0.1, -0.05) is 38.1 Å². The minimum absolute atomic E-state index is 0.259. The van der Waals surface area contributed by atoms with Gasteiger partial charge in [-0.3, -0.25) is 0 Å². The first-order chi connectivity index (χ1) is 8.56. The van der Waals surface area contributed by atoms with Crippen molar-refractivity contribution in [1.82, 2.24) is 0 Å². The zero-order valence-electron chi connectivity index (χ0n) is 10.7. The fourth-order valence-corrected chi connectivity index (χ4v) is 2.14. The Kier molecular flexibility index (Phi) is 4.10. The summed E-state index contributed by atoms with van der Waals surface area (Å²) in [6, 6.07) is 11.6. The van der Waals surface area contributed by atoms with Crippen molar-refractivity contribution in [2.45, 2.75) is 26.3 Å². The summed E-state index contributed by atoms with van der Waals surface area (Å²) in [6.45, 7) is 4.43. The molecule has 18 heavy (non-hydrogen) atoms. The minimum atomic E-state index is -0.259. The Morgan fingerprint density at radius 1 is 1.11 bits per heavy atom. The number of halogens is 1. The van der Waals surface area contributed by atoms with Crippen LogP contribution in [0.3, 0.4) is 0 Å². The Morgan fingerprint density at radius 2 is 1.78 bits per heavy atom. The maximum atomic E-state index is 6.13. The van der Waals surface area contributed by atoms with Crippen LogP contribution in [-0.2, 0) is 6.42 Å². The zero-order valence-corrected chi connectivity index (χ0v) is 11.4. The van der Waals surface area contributed by atoms with Crippen LogP contribution in [0.5, 0.6) is 0 Å². The molecule has 0 bridgehead atoms. The van der Waals surface area contributed by atoms with E-state index in [9.17, 15) is 0 Å². The topological polar surface area (TPSA) is 39.2 Å². The largest absolute Gasteiger partial charge is 0.448 e. The highest BCUT2D eigenvalue weighted by Crippen LogP contribution is 2.24. The summed E-state index contributed by atoms with van der Waals surface area (Å²) in [5, 5.41) is 0.372. The molecule has 0 aliphatic carbocycles. The lowest BCUT2D eigenvalue weighted by Gasteiger charge is -2.11. The predicted octanol–water partition coefficient (Wildman–Crippen LogP) is 4.18. The van der Waals surface area contributed by atoms with Crippen molar-refractivity contribution in [3.8, 4) is 0 Å². The quantitative estimate of drug-likeness (QED) is 0.899. The van der Waals surface area contributed by atoms with Gasteiger partial charge in [0.2, 0.25) is 0 Å². The highest BCUT2D eigenvalue weighted by molar-refractivity contribution is 6.28. The summed E-state index contributed by atoms with van der Waals surface area (Å²) in [4.78, 5) is 0. The van der Waals surface area contributed by atoms with E-state index in [0.717, 1.165) is 12.0 Å². The zero-order chi connectivity index (χ0) is 13.1. The van der Waals surface area contributed by atoms with Gasteiger partial charge >= 0.3 is 0 Å². The molecule has 0 aliphatic rings. The molecule has 3 heteroatoms. The van der Waals surface area contributed by atoms with Crippen molar-refractivity contribution >= 4 is 11.6 Å². The molecule has 1 heterocycles. The number of furan rings is 1. The average molecular weight is 264 g/mol. The number of benzene rings is 1. The summed E-state index contributed by atoms with van der Waals surface area (Å²) >= 11 is 5.75. The molecule has 2 rings (SSSR count). The maximum absolute atomic E-state index is 6.13. The molecule has 2 aromatic rings. The Balaban J connectivity index is 2.14. The second-order valence-corrected chi connectivity index (χ2v) is 5.33. The highest BCUT2D eigenvalue weighted by Gasteiger charge is 2.12. The molecule has 1 atom stereocenters. The van der Waals surface area contributed by atoms with E-state index in [0.29, 0.717) is 16.9 Å². The van der Waals surface area contributed by atoms with Gasteiger partial charge in [0.25, 0.3) is 0 Å². The van der Waals surface area contributed by atoms with Gasteiger partial charge in [-0.05, 0) is 47.2 Å². The molecule has 0 spiro atoms. The van der Waals surface area contributed by atoms with Crippen molar-refractivity contribution in [1.29, 1.82) is 0 Å². The van der Waals surface area contributed by atoms with Crippen molar-refractivity contribution < 1.29 is 4.42 Å². The Morgan fingerprint density at radius 3 is 2.28 bits per heavy atom. The second kappa shape index (κ2) is 5.59. The summed E-state index contributed by atoms with van der Waals surface area (Å²) in [5.41, 5.74) is 8.50. The predicted molar refractivity (Wildman–Crippen MR) is 74.7 cm³/mol. The molecule has 0 amide bonds. The monoisotopic (exact) mass is 263 g/mol. The number of rotatable bonds is 4. The van der Waals surface area contributed by atoms with Crippen molar-refractivity contribution in [2.75, 3.05) is 0 Å². The van der Waals surface area contributed by atoms with E-state index in [1.807, 2.05) is 6.07 Å². The lowest BCUT2D eigenvalue weighted by molar-refractivity contribution is 0.491. The smallest absolute Gasteiger partial charge is 0.193 e. The lowest BCUT2D eigenvalue weighted by Crippen LogP contribution is -2.10. The SMILES string of the molecule is CC(C)Cc1ccc(C(N)c2ccc(Cl)o2)cc1. The van der Waals surface area contributed by atoms with Crippen LogP contribution in [0, 0.1) is 5.92 Å². The lowest BCUT2D eigenvalue weighted by atomic mass is 9.99. The molecular formula is C15H18ClNO. The molecule has 1 aromatic carbocycles. The van der Waals surface area contributed by atoms with Crippen LogP contribution in [0.2, 0.25) is 5.22 Å². The Hall–Kier alpha value is -1.25. The van der Waals surface area contributed by atoms with Crippen LogP contribution < -0.4 is 5.73 Å². The number of hydrogen-bond acceptors (Lipinski definition) is 2. The summed E-state index contributed by atoms with van der Waals surface area (Å²) in [6.07, 6.45) is 1.09. The van der Waals surface area contributed by atoms with Crippen LogP contribution in [0.15, 0.2) is 40.8 Å². The van der Waals surface area contributed by atoms with Crippen LogP contribution in [0.1, 0.15) is 36.8 Å². The molecule has 0 saturated heterocycles. The third-order valence-electron chi connectivity index (χ3n) is 2.88. The molecular weight excluding hydrogens is 246 g/mol. The van der Waals surface area contributed by atoms with Gasteiger partial charge in [0.05, 0.1) is 6.04 Å². The molecule has 0 saturated carbocycles. The number of hydrogen-bond donors (Lipinski definition) is 1. The minimum Gasteiger partial charge on any atom is -0.448 e. The first kappa shape index (κ1) is 13.2. The van der Waals surface area contributed by atoms with Gasteiger partial charge in [0.1, 0.15) is 5.76 Å². The van der Waals surface area contributed by atoms with Crippen LogP contribution in [0.25, 0.3) is 0 Å². The van der Waals surface area contributed by atoms with E-state index in [1.54, 1.807) is 6.07 Å².